The van der Waals surface area contributed by atoms with E-state index in [0.29, 0.717) is 0 Å². The Morgan fingerprint density at radius 1 is 1.32 bits per heavy atom. The molecule has 19 heavy (non-hydrogen) atoms. The molecule has 0 amide bonds. The van der Waals surface area contributed by atoms with Gasteiger partial charge in [0.1, 0.15) is 0 Å². The third-order valence-electron chi connectivity index (χ3n) is 2.33. The SMILES string of the molecule is Cn1nnnc1SCCNCc1ccc(Cl)cc1.[Cl-]. The highest BCUT2D eigenvalue weighted by molar-refractivity contribution is 7.99. The standard InChI is InChI=1S/C11H14ClN5S.ClH/c1-17-11(14-15-16-17)18-7-6-13-8-9-2-4-10(12)5-3-9;/h2-5,13H,6-8H2,1H3;1H/p-1. The van der Waals surface area contributed by atoms with E-state index in [0.717, 1.165) is 29.0 Å². The maximum Gasteiger partial charge on any atom is 0.209 e. The molecule has 2 rings (SSSR count). The number of aromatic nitrogens is 4. The molecule has 0 fully saturated rings. The molecule has 1 N–H and O–H groups in total. The van der Waals surface area contributed by atoms with E-state index < -0.39 is 0 Å². The van der Waals surface area contributed by atoms with Gasteiger partial charge in [-0.15, -0.1) is 5.10 Å². The second kappa shape index (κ2) is 8.37. The van der Waals surface area contributed by atoms with Gasteiger partial charge in [0, 0.05) is 30.9 Å². The van der Waals surface area contributed by atoms with Gasteiger partial charge in [-0.3, -0.25) is 0 Å². The van der Waals surface area contributed by atoms with Crippen molar-refractivity contribution in [3.63, 3.8) is 0 Å². The van der Waals surface area contributed by atoms with E-state index in [1.54, 1.807) is 16.4 Å². The lowest BCUT2D eigenvalue weighted by Crippen LogP contribution is -3.00. The Balaban J connectivity index is 0.00000180. The molecule has 8 heteroatoms. The molecule has 0 bridgehead atoms. The van der Waals surface area contributed by atoms with Crippen molar-refractivity contribution in [3.8, 4) is 0 Å². The monoisotopic (exact) mass is 318 g/mol. The lowest BCUT2D eigenvalue weighted by atomic mass is 10.2. The number of nitrogens with one attached hydrogen (secondary N) is 1. The first kappa shape index (κ1) is 16.2. The fraction of sp³-hybridized carbons (Fsp3) is 0.364. The van der Waals surface area contributed by atoms with Crippen LogP contribution in [0.1, 0.15) is 5.56 Å². The van der Waals surface area contributed by atoms with Crippen LogP contribution in [0, 0.1) is 0 Å². The van der Waals surface area contributed by atoms with Crippen LogP contribution in [0.25, 0.3) is 0 Å². The van der Waals surface area contributed by atoms with Crippen molar-refractivity contribution in [2.24, 2.45) is 7.05 Å². The van der Waals surface area contributed by atoms with Gasteiger partial charge in [-0.05, 0) is 28.1 Å². The topological polar surface area (TPSA) is 55.6 Å². The predicted molar refractivity (Wildman–Crippen MR) is 72.7 cm³/mol. The van der Waals surface area contributed by atoms with E-state index in [1.165, 1.54) is 5.56 Å². The zero-order valence-corrected chi connectivity index (χ0v) is 12.7. The van der Waals surface area contributed by atoms with Crippen molar-refractivity contribution in [3.05, 3.63) is 34.9 Å². The molecule has 2 aromatic rings. The number of nitrogens with zero attached hydrogens (tertiary/aromatic N) is 4. The van der Waals surface area contributed by atoms with Crippen LogP contribution in [0.5, 0.6) is 0 Å². The maximum absolute atomic E-state index is 5.82. The van der Waals surface area contributed by atoms with Crippen molar-refractivity contribution in [1.29, 1.82) is 0 Å². The van der Waals surface area contributed by atoms with Crippen LogP contribution in [0.15, 0.2) is 29.4 Å². The number of benzene rings is 1. The van der Waals surface area contributed by atoms with E-state index in [2.05, 4.69) is 20.8 Å². The van der Waals surface area contributed by atoms with Crippen LogP contribution in [0.3, 0.4) is 0 Å². The first-order chi connectivity index (χ1) is 8.75. The van der Waals surface area contributed by atoms with Gasteiger partial charge in [-0.1, -0.05) is 35.5 Å². The van der Waals surface area contributed by atoms with Gasteiger partial charge in [0.15, 0.2) is 0 Å². The normalized spacial score (nSPS) is 10.2. The Morgan fingerprint density at radius 2 is 2.05 bits per heavy atom. The number of hydrogen-bond donors (Lipinski definition) is 1. The summed E-state index contributed by atoms with van der Waals surface area (Å²) in [6.07, 6.45) is 0. The molecule has 0 aliphatic carbocycles. The fourth-order valence-electron chi connectivity index (χ4n) is 1.39. The largest absolute Gasteiger partial charge is 1.00 e. The third kappa shape index (κ3) is 5.36. The summed E-state index contributed by atoms with van der Waals surface area (Å²) in [6, 6.07) is 7.85. The van der Waals surface area contributed by atoms with Crippen LogP contribution in [-0.2, 0) is 13.6 Å². The van der Waals surface area contributed by atoms with Crippen LogP contribution < -0.4 is 17.7 Å². The molecule has 0 unspecified atom stereocenters. The highest BCUT2D eigenvalue weighted by Crippen LogP contribution is 2.11. The first-order valence-corrected chi connectivity index (χ1v) is 6.92. The molecule has 0 saturated heterocycles. The van der Waals surface area contributed by atoms with E-state index in [1.807, 2.05) is 31.3 Å². The van der Waals surface area contributed by atoms with Crippen LogP contribution >= 0.6 is 23.4 Å². The second-order valence-electron chi connectivity index (χ2n) is 3.74. The van der Waals surface area contributed by atoms with Gasteiger partial charge in [0.2, 0.25) is 5.16 Å². The Kier molecular flexibility index (Phi) is 7.15. The highest BCUT2D eigenvalue weighted by Gasteiger charge is 2.01. The minimum Gasteiger partial charge on any atom is -1.00 e. The Labute approximate surface area is 127 Å². The summed E-state index contributed by atoms with van der Waals surface area (Å²) in [7, 11) is 1.84. The Bertz CT molecular complexity index is 488. The van der Waals surface area contributed by atoms with Gasteiger partial charge in [0.05, 0.1) is 0 Å². The second-order valence-corrected chi connectivity index (χ2v) is 5.24. The van der Waals surface area contributed by atoms with E-state index >= 15 is 0 Å². The number of hydrogen-bond acceptors (Lipinski definition) is 5. The van der Waals surface area contributed by atoms with Crippen molar-refractivity contribution >= 4 is 23.4 Å². The summed E-state index contributed by atoms with van der Waals surface area (Å²) in [5.74, 6) is 0.932. The number of halogens is 2. The maximum atomic E-state index is 5.82. The number of tetrazole rings is 1. The van der Waals surface area contributed by atoms with E-state index in [-0.39, 0.29) is 12.4 Å². The first-order valence-electron chi connectivity index (χ1n) is 5.56. The van der Waals surface area contributed by atoms with Gasteiger partial charge < -0.3 is 17.7 Å². The Hall–Kier alpha value is -0.820. The molecule has 104 valence electrons. The molecule has 5 nitrogen and oxygen atoms in total. The number of rotatable bonds is 6. The van der Waals surface area contributed by atoms with Gasteiger partial charge in [-0.25, -0.2) is 4.68 Å². The summed E-state index contributed by atoms with van der Waals surface area (Å²) in [5, 5.41) is 16.2. The molecule has 0 radical (unpaired) electrons. The predicted octanol–water partition coefficient (Wildman–Crippen LogP) is -1.25. The molecular weight excluding hydrogens is 305 g/mol. The molecule has 1 aromatic heterocycles. The summed E-state index contributed by atoms with van der Waals surface area (Å²) in [4.78, 5) is 0. The quantitative estimate of drug-likeness (QED) is 0.533. The number of aryl methyl sites for hydroxylation is 1. The molecule has 1 aromatic carbocycles. The third-order valence-corrected chi connectivity index (χ3v) is 3.60. The smallest absolute Gasteiger partial charge is 0.209 e. The van der Waals surface area contributed by atoms with Crippen molar-refractivity contribution in [2.75, 3.05) is 12.3 Å². The lowest BCUT2D eigenvalue weighted by Gasteiger charge is -2.04. The minimum absolute atomic E-state index is 0. The zero-order chi connectivity index (χ0) is 12.8. The lowest BCUT2D eigenvalue weighted by molar-refractivity contribution is -0.00000382. The molecule has 0 saturated carbocycles. The van der Waals surface area contributed by atoms with Crippen LogP contribution in [0.2, 0.25) is 5.02 Å². The minimum atomic E-state index is 0. The molecule has 0 spiro atoms. The molecule has 0 aliphatic rings. The average Bonchev–Trinajstić information content (AvgIpc) is 2.77. The summed E-state index contributed by atoms with van der Waals surface area (Å²) < 4.78 is 1.67. The van der Waals surface area contributed by atoms with Crippen LogP contribution in [-0.4, -0.2) is 32.5 Å². The average molecular weight is 319 g/mol. The van der Waals surface area contributed by atoms with Gasteiger partial charge >= 0.3 is 0 Å². The Morgan fingerprint density at radius 3 is 2.68 bits per heavy atom. The zero-order valence-electron chi connectivity index (χ0n) is 10.4. The molecular formula is C11H14Cl2N5S-. The summed E-state index contributed by atoms with van der Waals surface area (Å²) in [6.45, 7) is 1.74. The van der Waals surface area contributed by atoms with Crippen molar-refractivity contribution < 1.29 is 12.4 Å². The van der Waals surface area contributed by atoms with Gasteiger partial charge in [0.25, 0.3) is 0 Å². The highest BCUT2D eigenvalue weighted by atomic mass is 35.5. The van der Waals surface area contributed by atoms with Crippen molar-refractivity contribution in [1.82, 2.24) is 25.5 Å². The summed E-state index contributed by atoms with van der Waals surface area (Å²) >= 11 is 7.46. The molecule has 0 aliphatic heterocycles. The van der Waals surface area contributed by atoms with Crippen molar-refractivity contribution in [2.45, 2.75) is 11.7 Å². The van der Waals surface area contributed by atoms with E-state index in [9.17, 15) is 0 Å². The molecule has 0 atom stereocenters. The summed E-state index contributed by atoms with van der Waals surface area (Å²) in [5.41, 5.74) is 1.23. The van der Waals surface area contributed by atoms with Crippen LogP contribution in [0.4, 0.5) is 0 Å². The van der Waals surface area contributed by atoms with Gasteiger partial charge in [-0.2, -0.15) is 0 Å². The fourth-order valence-corrected chi connectivity index (χ4v) is 2.27. The molecule has 1 heterocycles. The van der Waals surface area contributed by atoms with E-state index in [4.69, 9.17) is 11.6 Å². The number of thioether (sulfide) groups is 1.